The topological polar surface area (TPSA) is 111 Å². The first-order valence-electron chi connectivity index (χ1n) is 14.9. The second-order valence-electron chi connectivity index (χ2n) is 10.6. The van der Waals surface area contributed by atoms with Gasteiger partial charge in [0.05, 0.1) is 38.9 Å². The van der Waals surface area contributed by atoms with E-state index < -0.39 is 11.7 Å². The number of aryl methyl sites for hydroxylation is 1. The molecule has 0 aliphatic carbocycles. The number of thiocarbonyl (C=S) groups is 1. The normalized spacial score (nSPS) is 13.2. The van der Waals surface area contributed by atoms with Crippen LogP contribution in [0.15, 0.2) is 66.9 Å². The molecule has 2 N–H and O–H groups in total. The molecule has 1 aliphatic heterocycles. The molecule has 1 fully saturated rings. The Morgan fingerprint density at radius 2 is 1.83 bits per heavy atom. The molecule has 4 aromatic rings. The summed E-state index contributed by atoms with van der Waals surface area (Å²) in [4.78, 5) is 31.6. The Kier molecular flexibility index (Phi) is 11.1. The number of halogens is 1. The predicted octanol–water partition coefficient (Wildman–Crippen LogP) is 5.67. The van der Waals surface area contributed by atoms with E-state index >= 15 is 4.39 Å². The molecule has 1 saturated heterocycles. The van der Waals surface area contributed by atoms with Crippen molar-refractivity contribution in [3.63, 3.8) is 0 Å². The van der Waals surface area contributed by atoms with Crippen LogP contribution >= 0.6 is 12.2 Å². The third-order valence-corrected chi connectivity index (χ3v) is 7.60. The summed E-state index contributed by atoms with van der Waals surface area (Å²) in [5, 5.41) is 5.77. The number of carbonyl (C=O) groups is 2. The van der Waals surface area contributed by atoms with Crippen molar-refractivity contribution in [2.45, 2.75) is 19.8 Å². The highest BCUT2D eigenvalue weighted by atomic mass is 32.1. The van der Waals surface area contributed by atoms with Gasteiger partial charge in [-0.1, -0.05) is 24.3 Å². The summed E-state index contributed by atoms with van der Waals surface area (Å²) in [7, 11) is 1.55. The molecule has 1 aromatic heterocycles. The van der Waals surface area contributed by atoms with Crippen molar-refractivity contribution in [3.05, 3.63) is 83.8 Å². The Hall–Kier alpha value is -4.65. The number of ether oxygens (including phenoxy) is 4. The predicted molar refractivity (Wildman–Crippen MR) is 177 cm³/mol. The maximum Gasteiger partial charge on any atom is 0.233 e. The van der Waals surface area contributed by atoms with Crippen molar-refractivity contribution < 1.29 is 32.9 Å². The van der Waals surface area contributed by atoms with Crippen LogP contribution in [0.1, 0.15) is 28.8 Å². The van der Waals surface area contributed by atoms with Crippen LogP contribution in [0.25, 0.3) is 10.9 Å². The zero-order valence-corrected chi connectivity index (χ0v) is 26.5. The van der Waals surface area contributed by atoms with Crippen molar-refractivity contribution in [1.29, 1.82) is 0 Å². The van der Waals surface area contributed by atoms with Gasteiger partial charge in [0.2, 0.25) is 5.91 Å². The Morgan fingerprint density at radius 3 is 2.59 bits per heavy atom. The van der Waals surface area contributed by atoms with Gasteiger partial charge >= 0.3 is 0 Å². The number of anilines is 1. The number of methoxy groups -OCH3 is 1. The molecule has 5 rings (SSSR count). The first-order chi connectivity index (χ1) is 22.3. The van der Waals surface area contributed by atoms with Gasteiger partial charge in [-0.15, -0.1) is 0 Å². The van der Waals surface area contributed by atoms with Crippen molar-refractivity contribution in [2.24, 2.45) is 0 Å². The number of aromatic nitrogens is 1. The molecule has 0 unspecified atom stereocenters. The highest BCUT2D eigenvalue weighted by molar-refractivity contribution is 7.80. The van der Waals surface area contributed by atoms with Gasteiger partial charge in [-0.05, 0) is 55.4 Å². The number of nitrogens with one attached hydrogen (secondary N) is 2. The van der Waals surface area contributed by atoms with E-state index in [0.717, 1.165) is 44.8 Å². The minimum Gasteiger partial charge on any atom is -0.493 e. The molecular formula is C34H35FN4O6S. The Morgan fingerprint density at radius 1 is 1.02 bits per heavy atom. The van der Waals surface area contributed by atoms with Crippen molar-refractivity contribution >= 4 is 45.6 Å². The SMILES string of the molecule is COc1cc2c(Oc3ccc(NC(=S)NC(=O)CC(=O)c4ccccc4C)cc3F)ccnc2cc1OCCCN1CCOCC1. The summed E-state index contributed by atoms with van der Waals surface area (Å²) in [6.45, 7) is 6.60. The molecular weight excluding hydrogens is 611 g/mol. The number of Topliss-reactive ketones (excluding diaryl/α,β-unsaturated/α-hetero) is 1. The zero-order chi connectivity index (χ0) is 32.5. The van der Waals surface area contributed by atoms with E-state index in [2.05, 4.69) is 20.5 Å². The third-order valence-electron chi connectivity index (χ3n) is 7.40. The van der Waals surface area contributed by atoms with Gasteiger partial charge in [-0.2, -0.15) is 0 Å². The lowest BCUT2D eigenvalue weighted by molar-refractivity contribution is -0.118. The number of hydrogen-bond donors (Lipinski definition) is 2. The monoisotopic (exact) mass is 646 g/mol. The van der Waals surface area contributed by atoms with E-state index in [1.807, 2.05) is 6.07 Å². The van der Waals surface area contributed by atoms with Crippen molar-refractivity contribution in [2.75, 3.05) is 51.9 Å². The van der Waals surface area contributed by atoms with Crippen LogP contribution < -0.4 is 24.8 Å². The summed E-state index contributed by atoms with van der Waals surface area (Å²) in [6, 6.07) is 16.4. The van der Waals surface area contributed by atoms with Gasteiger partial charge in [0.25, 0.3) is 0 Å². The van der Waals surface area contributed by atoms with Crippen LogP contribution in [0.2, 0.25) is 0 Å². The number of rotatable bonds is 12. The summed E-state index contributed by atoms with van der Waals surface area (Å²) >= 11 is 5.20. The number of fused-ring (bicyclic) bond motifs is 1. The quantitative estimate of drug-likeness (QED) is 0.0865. The summed E-state index contributed by atoms with van der Waals surface area (Å²) < 4.78 is 38.1. The molecule has 1 amide bonds. The van der Waals surface area contributed by atoms with Crippen LogP contribution in [-0.4, -0.2) is 73.3 Å². The lowest BCUT2D eigenvalue weighted by atomic mass is 10.0. The molecule has 10 nitrogen and oxygen atoms in total. The molecule has 0 saturated carbocycles. The smallest absolute Gasteiger partial charge is 0.233 e. The fraction of sp³-hybridized carbons (Fsp3) is 0.294. The maximum absolute atomic E-state index is 15.2. The van der Waals surface area contributed by atoms with Gasteiger partial charge in [-0.25, -0.2) is 4.39 Å². The van der Waals surface area contributed by atoms with Crippen LogP contribution in [-0.2, 0) is 9.53 Å². The van der Waals surface area contributed by atoms with Gasteiger partial charge < -0.3 is 29.6 Å². The number of nitrogens with zero attached hydrogens (tertiary/aromatic N) is 2. The van der Waals surface area contributed by atoms with Gasteiger partial charge in [0, 0.05) is 54.6 Å². The number of pyridine rings is 1. The third kappa shape index (κ3) is 8.53. The average molecular weight is 647 g/mol. The minimum absolute atomic E-state index is 0.0285. The molecule has 0 bridgehead atoms. The van der Waals surface area contributed by atoms with Gasteiger partial charge in [0.1, 0.15) is 5.75 Å². The summed E-state index contributed by atoms with van der Waals surface area (Å²) in [5.41, 5.74) is 2.14. The molecule has 240 valence electrons. The second-order valence-corrected chi connectivity index (χ2v) is 11.1. The van der Waals surface area contributed by atoms with Crippen molar-refractivity contribution in [3.8, 4) is 23.0 Å². The molecule has 3 aromatic carbocycles. The number of ketones is 1. The fourth-order valence-electron chi connectivity index (χ4n) is 5.02. The Balaban J connectivity index is 1.19. The molecule has 2 heterocycles. The first kappa shape index (κ1) is 32.7. The summed E-state index contributed by atoms with van der Waals surface area (Å²) in [5.74, 6) is -0.143. The molecule has 12 heteroatoms. The highest BCUT2D eigenvalue weighted by Gasteiger charge is 2.17. The van der Waals surface area contributed by atoms with Crippen LogP contribution in [0.5, 0.6) is 23.0 Å². The van der Waals surface area contributed by atoms with Crippen LogP contribution in [0, 0.1) is 12.7 Å². The standard InChI is InChI=1S/C34H35FN4O6S/c1-22-6-3-4-7-24(22)28(40)21-33(41)38-34(46)37-23-8-9-30(26(35)18-23)45-29-10-11-36-27-20-32(31(42-2)19-25(27)29)44-15-5-12-39-13-16-43-17-14-39/h3-4,6-11,18-20H,5,12-17,21H2,1-2H3,(H2,37,38,41,46). The lowest BCUT2D eigenvalue weighted by Gasteiger charge is -2.26. The van der Waals surface area contributed by atoms with Crippen molar-refractivity contribution in [1.82, 2.24) is 15.2 Å². The molecule has 0 spiro atoms. The summed E-state index contributed by atoms with van der Waals surface area (Å²) in [6.07, 6.45) is 2.05. The van der Waals surface area contributed by atoms with Gasteiger partial charge in [-0.3, -0.25) is 19.5 Å². The maximum atomic E-state index is 15.2. The van der Waals surface area contributed by atoms with E-state index in [4.69, 9.17) is 31.2 Å². The number of morpholine rings is 1. The molecule has 0 atom stereocenters. The number of hydrogen-bond acceptors (Lipinski definition) is 9. The second kappa shape index (κ2) is 15.6. The number of benzene rings is 3. The lowest BCUT2D eigenvalue weighted by Crippen LogP contribution is -2.37. The fourth-order valence-corrected chi connectivity index (χ4v) is 5.26. The first-order valence-corrected chi connectivity index (χ1v) is 15.3. The molecule has 46 heavy (non-hydrogen) atoms. The number of amides is 1. The Bertz CT molecular complexity index is 1730. The Labute approximate surface area is 271 Å². The molecule has 0 radical (unpaired) electrons. The van der Waals surface area contributed by atoms with Crippen LogP contribution in [0.4, 0.5) is 10.1 Å². The average Bonchev–Trinajstić information content (AvgIpc) is 3.04. The van der Waals surface area contributed by atoms with E-state index in [0.29, 0.717) is 40.3 Å². The highest BCUT2D eigenvalue weighted by Crippen LogP contribution is 2.38. The van der Waals surface area contributed by atoms with E-state index in [9.17, 15) is 9.59 Å². The number of carbonyl (C=O) groups excluding carboxylic acids is 2. The van der Waals surface area contributed by atoms with Gasteiger partial charge in [0.15, 0.2) is 34.0 Å². The van der Waals surface area contributed by atoms with E-state index in [-0.39, 0.29) is 28.8 Å². The minimum atomic E-state index is -0.661. The van der Waals surface area contributed by atoms with E-state index in [1.54, 1.807) is 62.7 Å². The van der Waals surface area contributed by atoms with E-state index in [1.165, 1.54) is 12.1 Å². The molecule has 1 aliphatic rings. The zero-order valence-electron chi connectivity index (χ0n) is 25.6. The van der Waals surface area contributed by atoms with Crippen LogP contribution in [0.3, 0.4) is 0 Å². The largest absolute Gasteiger partial charge is 0.493 e.